The molecule has 0 aliphatic heterocycles. The Morgan fingerprint density at radius 2 is 1.67 bits per heavy atom. The summed E-state index contributed by atoms with van der Waals surface area (Å²) < 4.78 is 26.9. The highest BCUT2D eigenvalue weighted by molar-refractivity contribution is 7.89. The molecule has 1 amide bonds. The van der Waals surface area contributed by atoms with Crippen LogP contribution in [0.3, 0.4) is 0 Å². The van der Waals surface area contributed by atoms with Crippen LogP contribution < -0.4 is 5.32 Å². The molecule has 0 heterocycles. The standard InChI is InChI=1S/C23H25ClN2O3S/c1-4-26(5-2)30(28,29)20-12-13-22(24)21(15-20)23(27)25-16(3)18-11-10-17-8-6-7-9-19(17)14-18/h6-16H,4-5H2,1-3H3,(H,25,27). The molecule has 0 saturated heterocycles. The molecular formula is C23H25ClN2O3S. The van der Waals surface area contributed by atoms with Crippen LogP contribution in [0.25, 0.3) is 10.8 Å². The van der Waals surface area contributed by atoms with E-state index in [1.807, 2.05) is 49.4 Å². The van der Waals surface area contributed by atoms with Crippen LogP contribution in [-0.4, -0.2) is 31.7 Å². The summed E-state index contributed by atoms with van der Waals surface area (Å²) in [6.45, 7) is 6.13. The average molecular weight is 445 g/mol. The summed E-state index contributed by atoms with van der Waals surface area (Å²) in [4.78, 5) is 13.0. The van der Waals surface area contributed by atoms with Crippen molar-refractivity contribution >= 4 is 38.3 Å². The fourth-order valence-electron chi connectivity index (χ4n) is 3.39. The van der Waals surface area contributed by atoms with E-state index in [1.54, 1.807) is 13.8 Å². The molecule has 158 valence electrons. The molecule has 1 N–H and O–H groups in total. The summed E-state index contributed by atoms with van der Waals surface area (Å²) >= 11 is 6.23. The largest absolute Gasteiger partial charge is 0.345 e. The number of carbonyl (C=O) groups excluding carboxylic acids is 1. The zero-order valence-electron chi connectivity index (χ0n) is 17.2. The van der Waals surface area contributed by atoms with Crippen LogP contribution >= 0.6 is 11.6 Å². The lowest BCUT2D eigenvalue weighted by molar-refractivity contribution is 0.0940. The first-order valence-corrected chi connectivity index (χ1v) is 11.7. The predicted octanol–water partition coefficient (Wildman–Crippen LogP) is 5.01. The van der Waals surface area contributed by atoms with Crippen molar-refractivity contribution < 1.29 is 13.2 Å². The lowest BCUT2D eigenvalue weighted by Gasteiger charge is -2.20. The van der Waals surface area contributed by atoms with Gasteiger partial charge >= 0.3 is 0 Å². The number of nitrogens with zero attached hydrogens (tertiary/aromatic N) is 1. The Morgan fingerprint density at radius 3 is 2.33 bits per heavy atom. The van der Waals surface area contributed by atoms with Crippen molar-refractivity contribution in [3.05, 3.63) is 76.8 Å². The highest BCUT2D eigenvalue weighted by atomic mass is 35.5. The SMILES string of the molecule is CCN(CC)S(=O)(=O)c1ccc(Cl)c(C(=O)NC(C)c2ccc3ccccc3c2)c1. The number of benzene rings is 3. The van der Waals surface area contributed by atoms with Gasteiger partial charge in [-0.15, -0.1) is 0 Å². The second-order valence-electron chi connectivity index (χ2n) is 7.03. The summed E-state index contributed by atoms with van der Waals surface area (Å²) in [7, 11) is -3.68. The van der Waals surface area contributed by atoms with Gasteiger partial charge in [0.2, 0.25) is 10.0 Å². The maximum Gasteiger partial charge on any atom is 0.253 e. The van der Waals surface area contributed by atoms with E-state index < -0.39 is 15.9 Å². The van der Waals surface area contributed by atoms with E-state index in [0.717, 1.165) is 16.3 Å². The summed E-state index contributed by atoms with van der Waals surface area (Å²) in [5.74, 6) is -0.419. The minimum atomic E-state index is -3.68. The van der Waals surface area contributed by atoms with Crippen LogP contribution in [0.5, 0.6) is 0 Å². The first-order chi connectivity index (χ1) is 14.3. The molecule has 0 aliphatic carbocycles. The van der Waals surface area contributed by atoms with Crippen LogP contribution in [0.2, 0.25) is 5.02 Å². The lowest BCUT2D eigenvalue weighted by Crippen LogP contribution is -2.31. The van der Waals surface area contributed by atoms with Crippen LogP contribution in [0.4, 0.5) is 0 Å². The molecule has 30 heavy (non-hydrogen) atoms. The van der Waals surface area contributed by atoms with E-state index in [1.165, 1.54) is 22.5 Å². The minimum Gasteiger partial charge on any atom is -0.345 e. The van der Waals surface area contributed by atoms with E-state index in [-0.39, 0.29) is 21.5 Å². The molecule has 0 saturated carbocycles. The molecule has 0 fully saturated rings. The maximum atomic E-state index is 12.9. The van der Waals surface area contributed by atoms with Gasteiger partial charge in [-0.1, -0.05) is 61.8 Å². The van der Waals surface area contributed by atoms with E-state index in [9.17, 15) is 13.2 Å². The van der Waals surface area contributed by atoms with Gasteiger partial charge in [-0.2, -0.15) is 4.31 Å². The molecule has 0 aliphatic rings. The van der Waals surface area contributed by atoms with Gasteiger partial charge in [0, 0.05) is 13.1 Å². The molecule has 0 bridgehead atoms. The molecule has 0 aromatic heterocycles. The van der Waals surface area contributed by atoms with Gasteiger partial charge in [0.25, 0.3) is 5.91 Å². The highest BCUT2D eigenvalue weighted by Crippen LogP contribution is 2.25. The van der Waals surface area contributed by atoms with Gasteiger partial charge in [-0.25, -0.2) is 8.42 Å². The molecule has 0 spiro atoms. The number of hydrogen-bond donors (Lipinski definition) is 1. The van der Waals surface area contributed by atoms with Crippen molar-refractivity contribution in [1.29, 1.82) is 0 Å². The van der Waals surface area contributed by atoms with Gasteiger partial charge in [0.15, 0.2) is 0 Å². The molecule has 0 radical (unpaired) electrons. The average Bonchev–Trinajstić information content (AvgIpc) is 2.74. The number of nitrogens with one attached hydrogen (secondary N) is 1. The zero-order chi connectivity index (χ0) is 21.9. The van der Waals surface area contributed by atoms with Crippen LogP contribution in [0, 0.1) is 0 Å². The van der Waals surface area contributed by atoms with Crippen molar-refractivity contribution in [3.8, 4) is 0 Å². The Bertz CT molecular complexity index is 1170. The van der Waals surface area contributed by atoms with Crippen molar-refractivity contribution in [1.82, 2.24) is 9.62 Å². The van der Waals surface area contributed by atoms with Gasteiger partial charge < -0.3 is 5.32 Å². The van der Waals surface area contributed by atoms with Crippen LogP contribution in [0.1, 0.15) is 42.7 Å². The Morgan fingerprint density at radius 1 is 1.00 bits per heavy atom. The summed E-state index contributed by atoms with van der Waals surface area (Å²) in [5, 5.41) is 5.33. The quantitative estimate of drug-likeness (QED) is 0.556. The molecule has 5 nitrogen and oxygen atoms in total. The van der Waals surface area contributed by atoms with Crippen molar-refractivity contribution in [2.24, 2.45) is 0 Å². The Hall–Kier alpha value is -2.41. The molecule has 1 unspecified atom stereocenters. The molecule has 1 atom stereocenters. The van der Waals surface area contributed by atoms with Gasteiger partial charge in [-0.3, -0.25) is 4.79 Å². The fraction of sp³-hybridized carbons (Fsp3) is 0.261. The number of fused-ring (bicyclic) bond motifs is 1. The molecular weight excluding hydrogens is 420 g/mol. The minimum absolute atomic E-state index is 0.0547. The van der Waals surface area contributed by atoms with Crippen LogP contribution in [0.15, 0.2) is 65.6 Å². The number of hydrogen-bond acceptors (Lipinski definition) is 3. The van der Waals surface area contributed by atoms with Gasteiger partial charge in [0.05, 0.1) is 21.5 Å². The lowest BCUT2D eigenvalue weighted by atomic mass is 10.0. The fourth-order valence-corrected chi connectivity index (χ4v) is 5.07. The normalized spacial score (nSPS) is 12.8. The Kier molecular flexibility index (Phi) is 6.81. The van der Waals surface area contributed by atoms with E-state index in [4.69, 9.17) is 11.6 Å². The third kappa shape index (κ3) is 4.51. The van der Waals surface area contributed by atoms with Gasteiger partial charge in [-0.05, 0) is 47.5 Å². The van der Waals surface area contributed by atoms with Crippen LogP contribution in [-0.2, 0) is 10.0 Å². The van der Waals surface area contributed by atoms with E-state index in [0.29, 0.717) is 13.1 Å². The first kappa shape index (κ1) is 22.3. The maximum absolute atomic E-state index is 12.9. The second kappa shape index (κ2) is 9.16. The van der Waals surface area contributed by atoms with Crippen molar-refractivity contribution in [2.45, 2.75) is 31.7 Å². The number of amides is 1. The highest BCUT2D eigenvalue weighted by Gasteiger charge is 2.24. The first-order valence-electron chi connectivity index (χ1n) is 9.87. The number of halogens is 1. The predicted molar refractivity (Wildman–Crippen MR) is 121 cm³/mol. The third-order valence-corrected chi connectivity index (χ3v) is 7.52. The van der Waals surface area contributed by atoms with Gasteiger partial charge in [0.1, 0.15) is 0 Å². The summed E-state index contributed by atoms with van der Waals surface area (Å²) in [6.07, 6.45) is 0. The molecule has 7 heteroatoms. The number of carbonyl (C=O) groups is 1. The number of sulfonamides is 1. The summed E-state index contributed by atoms with van der Waals surface area (Å²) in [5.41, 5.74) is 1.09. The van der Waals surface area contributed by atoms with Crippen molar-refractivity contribution in [2.75, 3.05) is 13.1 Å². The van der Waals surface area contributed by atoms with Crippen molar-refractivity contribution in [3.63, 3.8) is 0 Å². The monoisotopic (exact) mass is 444 g/mol. The second-order valence-corrected chi connectivity index (χ2v) is 9.38. The molecule has 3 rings (SSSR count). The number of rotatable bonds is 7. The molecule has 3 aromatic carbocycles. The zero-order valence-corrected chi connectivity index (χ0v) is 18.8. The van der Waals surface area contributed by atoms with E-state index in [2.05, 4.69) is 5.32 Å². The smallest absolute Gasteiger partial charge is 0.253 e. The Balaban J connectivity index is 1.87. The summed E-state index contributed by atoms with van der Waals surface area (Å²) in [6, 6.07) is 18.0. The molecule has 3 aromatic rings. The topological polar surface area (TPSA) is 66.5 Å². The van der Waals surface area contributed by atoms with E-state index >= 15 is 0 Å². The third-order valence-electron chi connectivity index (χ3n) is 5.15. The Labute approximate surface area is 182 Å².